The molecular weight excluding hydrogens is 510 g/mol. The van der Waals surface area contributed by atoms with Gasteiger partial charge in [-0.3, -0.25) is 9.89 Å². The second kappa shape index (κ2) is 10.9. The minimum atomic E-state index is -4.20. The summed E-state index contributed by atoms with van der Waals surface area (Å²) in [5.41, 5.74) is 2.20. The van der Waals surface area contributed by atoms with Crippen LogP contribution in [0.3, 0.4) is 0 Å². The molecule has 0 amide bonds. The van der Waals surface area contributed by atoms with Gasteiger partial charge in [0, 0.05) is 39.8 Å². The fourth-order valence-electron chi connectivity index (χ4n) is 3.38. The standard InChI is InChI=1S/C19H26F3N7.HI/c1-15(19(20,21)22)27-6-8-28(9-7-27)18(23-2)25-11-16-4-3-5-17(10-16)12-29-14-24-13-26-29;/h3-5,10,13-15H,6-9,11-12H2,1-2H3,(H,23,25);1H. The van der Waals surface area contributed by atoms with E-state index in [-0.39, 0.29) is 24.0 Å². The molecule has 0 aliphatic carbocycles. The number of guanidine groups is 1. The zero-order valence-electron chi connectivity index (χ0n) is 17.0. The van der Waals surface area contributed by atoms with E-state index >= 15 is 0 Å². The maximum Gasteiger partial charge on any atom is 0.403 e. The fraction of sp³-hybridized carbons (Fsp3) is 0.526. The van der Waals surface area contributed by atoms with E-state index in [1.165, 1.54) is 18.2 Å². The largest absolute Gasteiger partial charge is 0.403 e. The summed E-state index contributed by atoms with van der Waals surface area (Å²) in [6.45, 7) is 4.16. The normalized spacial score (nSPS) is 16.8. The van der Waals surface area contributed by atoms with Crippen LogP contribution in [0.1, 0.15) is 18.1 Å². The molecule has 166 valence electrons. The van der Waals surface area contributed by atoms with Gasteiger partial charge in [-0.2, -0.15) is 18.3 Å². The Hall–Kier alpha value is -1.89. The predicted molar refractivity (Wildman–Crippen MR) is 120 cm³/mol. The van der Waals surface area contributed by atoms with Gasteiger partial charge in [0.1, 0.15) is 18.7 Å². The van der Waals surface area contributed by atoms with Crippen LogP contribution < -0.4 is 5.32 Å². The third-order valence-electron chi connectivity index (χ3n) is 5.10. The van der Waals surface area contributed by atoms with E-state index in [1.54, 1.807) is 18.1 Å². The summed E-state index contributed by atoms with van der Waals surface area (Å²) in [5.74, 6) is 0.700. The molecule has 1 aliphatic rings. The van der Waals surface area contributed by atoms with Crippen LogP contribution in [0.15, 0.2) is 41.9 Å². The number of piperazine rings is 1. The third-order valence-corrected chi connectivity index (χ3v) is 5.10. The molecule has 1 fully saturated rings. The molecule has 0 bridgehead atoms. The molecule has 0 radical (unpaired) electrons. The van der Waals surface area contributed by atoms with E-state index in [0.717, 1.165) is 11.1 Å². The van der Waals surface area contributed by atoms with Gasteiger partial charge < -0.3 is 10.2 Å². The van der Waals surface area contributed by atoms with Crippen molar-refractivity contribution in [1.29, 1.82) is 0 Å². The van der Waals surface area contributed by atoms with E-state index in [0.29, 0.717) is 45.2 Å². The molecular formula is C19H27F3IN7. The van der Waals surface area contributed by atoms with Crippen molar-refractivity contribution in [1.82, 2.24) is 29.9 Å². The number of alkyl halides is 3. The molecule has 1 aromatic carbocycles. The SMILES string of the molecule is CN=C(NCc1cccc(Cn2cncn2)c1)N1CCN(C(C)C(F)(F)F)CC1.I. The number of aliphatic imine (C=N–C) groups is 1. The van der Waals surface area contributed by atoms with Crippen LogP contribution >= 0.6 is 24.0 Å². The molecule has 3 rings (SSSR count). The molecule has 11 heteroatoms. The lowest BCUT2D eigenvalue weighted by molar-refractivity contribution is -0.181. The Morgan fingerprint density at radius 1 is 1.20 bits per heavy atom. The molecule has 0 spiro atoms. The van der Waals surface area contributed by atoms with Gasteiger partial charge >= 0.3 is 6.18 Å². The van der Waals surface area contributed by atoms with E-state index in [4.69, 9.17) is 0 Å². The van der Waals surface area contributed by atoms with Crippen LogP contribution in [-0.4, -0.2) is 76.0 Å². The van der Waals surface area contributed by atoms with Crippen molar-refractivity contribution < 1.29 is 13.2 Å². The van der Waals surface area contributed by atoms with Crippen LogP contribution in [-0.2, 0) is 13.1 Å². The molecule has 1 unspecified atom stereocenters. The van der Waals surface area contributed by atoms with Gasteiger partial charge in [0.15, 0.2) is 5.96 Å². The second-order valence-electron chi connectivity index (χ2n) is 7.05. The predicted octanol–water partition coefficient (Wildman–Crippen LogP) is 2.59. The van der Waals surface area contributed by atoms with Gasteiger partial charge in [-0.05, 0) is 18.1 Å². The Bertz CT molecular complexity index is 803. The first-order valence-electron chi connectivity index (χ1n) is 9.53. The van der Waals surface area contributed by atoms with Gasteiger partial charge in [0.2, 0.25) is 0 Å². The highest BCUT2D eigenvalue weighted by atomic mass is 127. The summed E-state index contributed by atoms with van der Waals surface area (Å²) in [4.78, 5) is 11.7. The van der Waals surface area contributed by atoms with Crippen LogP contribution in [0.2, 0.25) is 0 Å². The topological polar surface area (TPSA) is 61.6 Å². The average Bonchev–Trinajstić information content (AvgIpc) is 3.21. The summed E-state index contributed by atoms with van der Waals surface area (Å²) in [7, 11) is 1.69. The summed E-state index contributed by atoms with van der Waals surface area (Å²) in [6, 6.07) is 6.70. The van der Waals surface area contributed by atoms with E-state index in [2.05, 4.69) is 26.5 Å². The molecule has 1 atom stereocenters. The first kappa shape index (κ1) is 24.4. The van der Waals surface area contributed by atoms with Crippen molar-refractivity contribution in [3.05, 3.63) is 48.0 Å². The maximum absolute atomic E-state index is 12.9. The average molecular weight is 537 g/mol. The number of nitrogens with zero attached hydrogens (tertiary/aromatic N) is 6. The highest BCUT2D eigenvalue weighted by Crippen LogP contribution is 2.25. The molecule has 2 heterocycles. The minimum Gasteiger partial charge on any atom is -0.352 e. The Labute approximate surface area is 191 Å². The zero-order chi connectivity index (χ0) is 20.9. The first-order chi connectivity index (χ1) is 13.9. The number of rotatable bonds is 5. The van der Waals surface area contributed by atoms with Crippen molar-refractivity contribution in [3.63, 3.8) is 0 Å². The molecule has 2 aromatic rings. The smallest absolute Gasteiger partial charge is 0.352 e. The highest BCUT2D eigenvalue weighted by Gasteiger charge is 2.41. The van der Waals surface area contributed by atoms with E-state index in [9.17, 15) is 13.2 Å². The van der Waals surface area contributed by atoms with Gasteiger partial charge in [0.05, 0.1) is 6.54 Å². The lowest BCUT2D eigenvalue weighted by atomic mass is 10.1. The van der Waals surface area contributed by atoms with E-state index in [1.807, 2.05) is 23.1 Å². The quantitative estimate of drug-likeness (QED) is 0.361. The lowest BCUT2D eigenvalue weighted by Crippen LogP contribution is -2.56. The number of benzene rings is 1. The molecule has 30 heavy (non-hydrogen) atoms. The molecule has 0 saturated carbocycles. The highest BCUT2D eigenvalue weighted by molar-refractivity contribution is 14.0. The summed E-state index contributed by atoms with van der Waals surface area (Å²) in [6.07, 6.45) is -1.02. The summed E-state index contributed by atoms with van der Waals surface area (Å²) < 4.78 is 40.5. The maximum atomic E-state index is 12.9. The Morgan fingerprint density at radius 3 is 2.50 bits per heavy atom. The minimum absolute atomic E-state index is 0. The van der Waals surface area contributed by atoms with Crippen LogP contribution in [0, 0.1) is 0 Å². The Kier molecular flexibility index (Phi) is 8.89. The first-order valence-corrected chi connectivity index (χ1v) is 9.53. The third kappa shape index (κ3) is 6.56. The zero-order valence-corrected chi connectivity index (χ0v) is 19.3. The van der Waals surface area contributed by atoms with Gasteiger partial charge in [-0.15, -0.1) is 24.0 Å². The number of nitrogens with one attached hydrogen (secondary N) is 1. The van der Waals surface area contributed by atoms with Gasteiger partial charge in [0.25, 0.3) is 0 Å². The summed E-state index contributed by atoms with van der Waals surface area (Å²) in [5, 5.41) is 7.43. The molecule has 1 aromatic heterocycles. The van der Waals surface area contributed by atoms with Crippen molar-refractivity contribution in [2.45, 2.75) is 32.2 Å². The van der Waals surface area contributed by atoms with Crippen molar-refractivity contribution in [2.75, 3.05) is 33.2 Å². The van der Waals surface area contributed by atoms with Gasteiger partial charge in [-0.1, -0.05) is 24.3 Å². The number of halogens is 4. The molecule has 1 saturated heterocycles. The van der Waals surface area contributed by atoms with Crippen molar-refractivity contribution in [2.24, 2.45) is 4.99 Å². The number of aromatic nitrogens is 3. The lowest BCUT2D eigenvalue weighted by Gasteiger charge is -2.39. The Balaban J connectivity index is 0.00000320. The van der Waals surface area contributed by atoms with Crippen LogP contribution in [0.25, 0.3) is 0 Å². The van der Waals surface area contributed by atoms with Gasteiger partial charge in [-0.25, -0.2) is 9.67 Å². The molecule has 1 N–H and O–H groups in total. The molecule has 1 aliphatic heterocycles. The Morgan fingerprint density at radius 2 is 1.90 bits per heavy atom. The van der Waals surface area contributed by atoms with Crippen molar-refractivity contribution >= 4 is 29.9 Å². The fourth-order valence-corrected chi connectivity index (χ4v) is 3.38. The van der Waals surface area contributed by atoms with Crippen molar-refractivity contribution in [3.8, 4) is 0 Å². The monoisotopic (exact) mass is 537 g/mol. The summed E-state index contributed by atoms with van der Waals surface area (Å²) >= 11 is 0. The van der Waals surface area contributed by atoms with Crippen LogP contribution in [0.5, 0.6) is 0 Å². The van der Waals surface area contributed by atoms with E-state index < -0.39 is 12.2 Å². The second-order valence-corrected chi connectivity index (χ2v) is 7.05. The number of hydrogen-bond acceptors (Lipinski definition) is 4. The number of hydrogen-bond donors (Lipinski definition) is 1. The molecule has 7 nitrogen and oxygen atoms in total. The van der Waals surface area contributed by atoms with Crippen LogP contribution in [0.4, 0.5) is 13.2 Å².